The number of aliphatic imine (C=N–C) groups is 1. The number of nitrogens with one attached hydrogen (secondary N) is 1. The summed E-state index contributed by atoms with van der Waals surface area (Å²) in [6.07, 6.45) is 2.84. The minimum atomic E-state index is -3.35. The first kappa shape index (κ1) is 25.1. The van der Waals surface area contributed by atoms with Crippen molar-refractivity contribution in [2.24, 2.45) is 10.9 Å². The molecule has 0 spiro atoms. The van der Waals surface area contributed by atoms with E-state index in [2.05, 4.69) is 15.0 Å². The summed E-state index contributed by atoms with van der Waals surface area (Å²) in [6.45, 7) is 6.18. The van der Waals surface area contributed by atoms with E-state index in [1.54, 1.807) is 6.07 Å². The molecule has 0 saturated carbocycles. The lowest BCUT2D eigenvalue weighted by Crippen LogP contribution is -2.26. The van der Waals surface area contributed by atoms with Gasteiger partial charge in [0.2, 0.25) is 5.88 Å². The first-order valence-electron chi connectivity index (χ1n) is 11.2. The number of sulfone groups is 1. The maximum Gasteiger partial charge on any atom is 0.307 e. The fourth-order valence-electron chi connectivity index (χ4n) is 3.82. The van der Waals surface area contributed by atoms with Crippen LogP contribution in [-0.2, 0) is 14.6 Å². The molecule has 4 rings (SSSR count). The highest BCUT2D eigenvalue weighted by Crippen LogP contribution is 2.37. The summed E-state index contributed by atoms with van der Waals surface area (Å²) in [5.41, 5.74) is 1.56. The minimum Gasteiger partial charge on any atom is -0.489 e. The quantitative estimate of drug-likeness (QED) is 0.424. The molecule has 3 aromatic rings. The van der Waals surface area contributed by atoms with E-state index >= 15 is 0 Å². The summed E-state index contributed by atoms with van der Waals surface area (Å²) in [6, 6.07) is 8.47. The van der Waals surface area contributed by atoms with E-state index < -0.39 is 21.7 Å². The number of carbonyl (C=O) groups is 1. The molecule has 1 aliphatic rings. The molecule has 3 heterocycles. The first-order chi connectivity index (χ1) is 16.5. The van der Waals surface area contributed by atoms with E-state index in [1.807, 2.05) is 32.9 Å². The smallest absolute Gasteiger partial charge is 0.307 e. The molecule has 9 nitrogen and oxygen atoms in total. The van der Waals surface area contributed by atoms with Crippen LogP contribution in [0.25, 0.3) is 10.9 Å². The Hall–Kier alpha value is -3.05. The second kappa shape index (κ2) is 9.90. The van der Waals surface area contributed by atoms with E-state index in [9.17, 15) is 18.3 Å². The van der Waals surface area contributed by atoms with Crippen LogP contribution in [0.4, 0.5) is 0 Å². The zero-order valence-electron chi connectivity index (χ0n) is 19.8. The van der Waals surface area contributed by atoms with Crippen molar-refractivity contribution in [3.8, 4) is 17.4 Å². The fourth-order valence-corrected chi connectivity index (χ4v) is 5.67. The molecule has 0 amide bonds. The van der Waals surface area contributed by atoms with Gasteiger partial charge < -0.3 is 19.6 Å². The number of nitrogens with zero attached hydrogens (tertiary/aromatic N) is 2. The van der Waals surface area contributed by atoms with Crippen molar-refractivity contribution in [1.29, 1.82) is 0 Å². The molecule has 1 aliphatic heterocycles. The molecule has 11 heteroatoms. The molecule has 35 heavy (non-hydrogen) atoms. The molecule has 2 aromatic heterocycles. The second-order valence-electron chi connectivity index (χ2n) is 8.60. The fraction of sp³-hybridized carbons (Fsp3) is 0.375. The number of carboxylic acids is 1. The van der Waals surface area contributed by atoms with E-state index in [4.69, 9.17) is 9.47 Å². The monoisotopic (exact) mass is 517 g/mol. The van der Waals surface area contributed by atoms with Crippen molar-refractivity contribution in [2.75, 3.05) is 12.8 Å². The van der Waals surface area contributed by atoms with Crippen molar-refractivity contribution in [1.82, 2.24) is 9.97 Å². The normalized spacial score (nSPS) is 16.9. The number of hydrogen-bond acceptors (Lipinski definition) is 8. The predicted octanol–water partition coefficient (Wildman–Crippen LogP) is 4.52. The molecule has 1 aromatic carbocycles. The Morgan fingerprint density at radius 3 is 2.66 bits per heavy atom. The Balaban J connectivity index is 1.64. The van der Waals surface area contributed by atoms with Crippen molar-refractivity contribution in [3.05, 3.63) is 42.2 Å². The topological polar surface area (TPSA) is 131 Å². The van der Waals surface area contributed by atoms with Gasteiger partial charge in [-0.15, -0.1) is 0 Å². The average molecular weight is 518 g/mol. The van der Waals surface area contributed by atoms with Crippen LogP contribution in [0.3, 0.4) is 0 Å². The number of ether oxygens (including phenoxy) is 2. The lowest BCUT2D eigenvalue weighted by atomic mass is 10.0. The predicted molar refractivity (Wildman–Crippen MR) is 136 cm³/mol. The van der Waals surface area contributed by atoms with Crippen LogP contribution in [0.2, 0.25) is 0 Å². The van der Waals surface area contributed by atoms with Gasteiger partial charge in [-0.25, -0.2) is 13.4 Å². The van der Waals surface area contributed by atoms with Crippen molar-refractivity contribution in [3.63, 3.8) is 0 Å². The Morgan fingerprint density at radius 1 is 1.29 bits per heavy atom. The molecule has 2 atom stereocenters. The summed E-state index contributed by atoms with van der Waals surface area (Å²) < 4.78 is 35.3. The van der Waals surface area contributed by atoms with Crippen LogP contribution in [-0.4, -0.2) is 58.7 Å². The number of pyridine rings is 1. The van der Waals surface area contributed by atoms with Crippen molar-refractivity contribution >= 4 is 43.5 Å². The van der Waals surface area contributed by atoms with Crippen LogP contribution < -0.4 is 9.47 Å². The summed E-state index contributed by atoms with van der Waals surface area (Å²) in [7, 11) is -3.35. The van der Waals surface area contributed by atoms with Gasteiger partial charge >= 0.3 is 5.97 Å². The van der Waals surface area contributed by atoms with Gasteiger partial charge in [-0.2, -0.15) is 0 Å². The van der Waals surface area contributed by atoms with Gasteiger partial charge in [0.05, 0.1) is 34.7 Å². The Kier molecular flexibility index (Phi) is 7.09. The number of hydrogen-bond donors (Lipinski definition) is 2. The highest BCUT2D eigenvalue weighted by atomic mass is 32.2. The van der Waals surface area contributed by atoms with Gasteiger partial charge in [-0.3, -0.25) is 9.79 Å². The molecule has 2 unspecified atom stereocenters. The van der Waals surface area contributed by atoms with Gasteiger partial charge in [0, 0.05) is 35.2 Å². The maximum atomic E-state index is 11.7. The van der Waals surface area contributed by atoms with Crippen LogP contribution in [0.1, 0.15) is 32.9 Å². The number of thioether (sulfide) groups is 1. The van der Waals surface area contributed by atoms with Crippen molar-refractivity contribution < 1.29 is 27.8 Å². The minimum absolute atomic E-state index is 0.0872. The number of fused-ring (bicyclic) bond motifs is 1. The van der Waals surface area contributed by atoms with E-state index in [0.29, 0.717) is 24.5 Å². The summed E-state index contributed by atoms with van der Waals surface area (Å²) in [5.74, 6) is 0.0660. The number of H-pyrrole nitrogens is 1. The largest absolute Gasteiger partial charge is 0.489 e. The van der Waals surface area contributed by atoms with Gasteiger partial charge in [0.1, 0.15) is 16.5 Å². The third kappa shape index (κ3) is 5.62. The van der Waals surface area contributed by atoms with E-state index in [0.717, 1.165) is 27.9 Å². The van der Waals surface area contributed by atoms with E-state index in [1.165, 1.54) is 30.1 Å². The van der Waals surface area contributed by atoms with Gasteiger partial charge in [0.15, 0.2) is 9.84 Å². The van der Waals surface area contributed by atoms with Crippen molar-refractivity contribution in [2.45, 2.75) is 43.4 Å². The van der Waals surface area contributed by atoms with Crippen LogP contribution in [0, 0.1) is 5.92 Å². The maximum absolute atomic E-state index is 11.7. The molecular weight excluding hydrogens is 490 g/mol. The second-order valence-corrected chi connectivity index (χ2v) is 11.8. The van der Waals surface area contributed by atoms with Gasteiger partial charge in [-0.05, 0) is 38.5 Å². The lowest BCUT2D eigenvalue weighted by Gasteiger charge is -2.15. The number of carboxylic acid groups (broad SMARTS) is 1. The number of aromatic amines is 1. The molecule has 0 bridgehead atoms. The molecule has 186 valence electrons. The average Bonchev–Trinajstić information content (AvgIpc) is 3.41. The molecule has 0 radical (unpaired) electrons. The number of benzene rings is 1. The third-order valence-corrected chi connectivity index (χ3v) is 7.95. The number of aromatic nitrogens is 2. The summed E-state index contributed by atoms with van der Waals surface area (Å²) in [4.78, 5) is 23.8. The lowest BCUT2D eigenvalue weighted by molar-refractivity contribution is -0.141. The molecular formula is C24H27N3O6S2. The Morgan fingerprint density at radius 2 is 2.06 bits per heavy atom. The molecule has 0 saturated heterocycles. The summed E-state index contributed by atoms with van der Waals surface area (Å²) >= 11 is 1.48. The third-order valence-electron chi connectivity index (χ3n) is 5.50. The first-order valence-corrected chi connectivity index (χ1v) is 13.9. The Labute approximate surface area is 207 Å². The molecule has 0 aliphatic carbocycles. The van der Waals surface area contributed by atoms with Gasteiger partial charge in [0.25, 0.3) is 0 Å². The number of rotatable bonds is 9. The Bertz CT molecular complexity index is 1380. The van der Waals surface area contributed by atoms with Crippen LogP contribution in [0.15, 0.2) is 46.4 Å². The van der Waals surface area contributed by atoms with Crippen LogP contribution >= 0.6 is 11.8 Å². The standard InChI is InChI=1S/C24H27N3O6S2/c1-5-17(24(28)29)20-12-26-23(34-20)18-9-14-8-15(10-19(22(14)27-18)32-13(2)3)33-21-7-6-16(11-25-21)35(4,30)31/h6-11,13,17,20,27H,5,12H2,1-4H3,(H,28,29). The summed E-state index contributed by atoms with van der Waals surface area (Å²) in [5, 5.41) is 11.0. The highest BCUT2D eigenvalue weighted by molar-refractivity contribution is 8.15. The zero-order chi connectivity index (χ0) is 25.3. The van der Waals surface area contributed by atoms with Gasteiger partial charge in [-0.1, -0.05) is 18.7 Å². The van der Waals surface area contributed by atoms with E-state index in [-0.39, 0.29) is 22.1 Å². The SMILES string of the molecule is CCC(C(=O)O)C1CN=C(c2cc3cc(Oc4ccc(S(C)(=O)=O)cn4)cc(OC(C)C)c3[nH]2)S1. The zero-order valence-corrected chi connectivity index (χ0v) is 21.4. The number of aliphatic carboxylic acids is 1. The molecule has 2 N–H and O–H groups in total. The van der Waals surface area contributed by atoms with Crippen LogP contribution in [0.5, 0.6) is 17.4 Å². The molecule has 0 fully saturated rings. The highest BCUT2D eigenvalue weighted by Gasteiger charge is 2.32.